The van der Waals surface area contributed by atoms with Crippen molar-refractivity contribution in [3.8, 4) is 5.75 Å². The van der Waals surface area contributed by atoms with Gasteiger partial charge < -0.3 is 4.74 Å². The number of rotatable bonds is 6. The van der Waals surface area contributed by atoms with E-state index in [4.69, 9.17) is 27.9 Å². The second kappa shape index (κ2) is 7.95. The second-order valence-corrected chi connectivity index (χ2v) is 7.82. The number of anilines is 1. The number of nitrogens with one attached hydrogen (secondary N) is 1. The molecule has 0 aliphatic heterocycles. The Kier molecular flexibility index (Phi) is 5.66. The summed E-state index contributed by atoms with van der Waals surface area (Å²) >= 11 is 11.7. The highest BCUT2D eigenvalue weighted by atomic mass is 35.5. The Morgan fingerprint density at radius 3 is 2.54 bits per heavy atom. The van der Waals surface area contributed by atoms with Crippen LogP contribution in [0.1, 0.15) is 5.69 Å². The van der Waals surface area contributed by atoms with Crippen LogP contribution in [0.25, 0.3) is 0 Å². The Morgan fingerprint density at radius 2 is 1.81 bits per heavy atom. The average Bonchev–Trinajstić information content (AvgIpc) is 2.63. The molecule has 3 rings (SSSR count). The molecule has 8 heteroatoms. The highest BCUT2D eigenvalue weighted by molar-refractivity contribution is 7.92. The molecule has 0 radical (unpaired) electrons. The lowest BCUT2D eigenvalue weighted by Crippen LogP contribution is -2.13. The Bertz CT molecular complexity index is 1010. The SMILES string of the molecule is O=S(=O)(Nc1cccc(OCc2ccccn2)c1)c1ccc(Cl)c(Cl)c1. The van der Waals surface area contributed by atoms with E-state index in [9.17, 15) is 8.42 Å². The van der Waals surface area contributed by atoms with Crippen molar-refractivity contribution in [1.82, 2.24) is 4.98 Å². The molecule has 0 unspecified atom stereocenters. The summed E-state index contributed by atoms with van der Waals surface area (Å²) < 4.78 is 33.1. The van der Waals surface area contributed by atoms with Gasteiger partial charge in [-0.2, -0.15) is 0 Å². The monoisotopic (exact) mass is 408 g/mol. The van der Waals surface area contributed by atoms with Crippen molar-refractivity contribution in [2.75, 3.05) is 4.72 Å². The third-order valence-corrected chi connectivity index (χ3v) is 5.52. The topological polar surface area (TPSA) is 68.3 Å². The number of nitrogens with zero attached hydrogens (tertiary/aromatic N) is 1. The molecule has 1 heterocycles. The van der Waals surface area contributed by atoms with Gasteiger partial charge >= 0.3 is 0 Å². The first kappa shape index (κ1) is 18.5. The number of ether oxygens (including phenoxy) is 1. The summed E-state index contributed by atoms with van der Waals surface area (Å²) in [4.78, 5) is 4.19. The van der Waals surface area contributed by atoms with E-state index in [1.54, 1.807) is 30.5 Å². The minimum absolute atomic E-state index is 0.0201. The fraction of sp³-hybridized carbons (Fsp3) is 0.0556. The fourth-order valence-electron chi connectivity index (χ4n) is 2.15. The van der Waals surface area contributed by atoms with Gasteiger partial charge in [0.2, 0.25) is 0 Å². The van der Waals surface area contributed by atoms with Crippen LogP contribution in [0.5, 0.6) is 5.75 Å². The predicted molar refractivity (Wildman–Crippen MR) is 102 cm³/mol. The molecule has 26 heavy (non-hydrogen) atoms. The van der Waals surface area contributed by atoms with Crippen molar-refractivity contribution in [1.29, 1.82) is 0 Å². The van der Waals surface area contributed by atoms with Crippen LogP contribution in [0.15, 0.2) is 71.8 Å². The molecule has 2 aromatic carbocycles. The summed E-state index contributed by atoms with van der Waals surface area (Å²) in [5.74, 6) is 0.519. The Labute approximate surface area is 161 Å². The van der Waals surface area contributed by atoms with Crippen molar-refractivity contribution >= 4 is 38.9 Å². The molecule has 0 fully saturated rings. The van der Waals surface area contributed by atoms with Gasteiger partial charge in [-0.3, -0.25) is 9.71 Å². The summed E-state index contributed by atoms with van der Waals surface area (Å²) in [5.41, 5.74) is 1.14. The number of hydrogen-bond acceptors (Lipinski definition) is 4. The van der Waals surface area contributed by atoms with E-state index in [0.717, 1.165) is 5.69 Å². The average molecular weight is 409 g/mol. The molecule has 5 nitrogen and oxygen atoms in total. The van der Waals surface area contributed by atoms with E-state index in [-0.39, 0.29) is 21.5 Å². The van der Waals surface area contributed by atoms with E-state index in [2.05, 4.69) is 9.71 Å². The molecule has 0 spiro atoms. The maximum absolute atomic E-state index is 12.5. The second-order valence-electron chi connectivity index (χ2n) is 5.32. The zero-order valence-electron chi connectivity index (χ0n) is 13.4. The highest BCUT2D eigenvalue weighted by Crippen LogP contribution is 2.27. The van der Waals surface area contributed by atoms with Crippen molar-refractivity contribution in [3.63, 3.8) is 0 Å². The smallest absolute Gasteiger partial charge is 0.261 e. The lowest BCUT2D eigenvalue weighted by atomic mass is 10.3. The van der Waals surface area contributed by atoms with Crippen molar-refractivity contribution < 1.29 is 13.2 Å². The van der Waals surface area contributed by atoms with E-state index in [1.807, 2.05) is 18.2 Å². The third-order valence-electron chi connectivity index (χ3n) is 3.40. The molecule has 0 atom stereocenters. The number of pyridine rings is 1. The molecule has 3 aromatic rings. The van der Waals surface area contributed by atoms with Crippen LogP contribution < -0.4 is 9.46 Å². The van der Waals surface area contributed by atoms with Crippen LogP contribution in [0.3, 0.4) is 0 Å². The molecule has 0 amide bonds. The molecule has 1 aromatic heterocycles. The van der Waals surface area contributed by atoms with Gasteiger partial charge in [0.05, 0.1) is 26.3 Å². The minimum atomic E-state index is -3.80. The molecule has 0 saturated carbocycles. The standard InChI is InChI=1S/C18H14Cl2N2O3S/c19-17-8-7-16(11-18(17)20)26(23,24)22-13-5-3-6-15(10-13)25-12-14-4-1-2-9-21-14/h1-11,22H,12H2. The first-order valence-electron chi connectivity index (χ1n) is 7.55. The number of sulfonamides is 1. The molecular weight excluding hydrogens is 395 g/mol. The van der Waals surface area contributed by atoms with Gasteiger partial charge in [-0.15, -0.1) is 0 Å². The van der Waals surface area contributed by atoms with Crippen LogP contribution in [0, 0.1) is 0 Å². The van der Waals surface area contributed by atoms with Gasteiger partial charge in [0.25, 0.3) is 10.0 Å². The van der Waals surface area contributed by atoms with Crippen LogP contribution in [0.4, 0.5) is 5.69 Å². The largest absolute Gasteiger partial charge is 0.487 e. The normalized spacial score (nSPS) is 11.2. The quantitative estimate of drug-likeness (QED) is 0.637. The summed E-state index contributed by atoms with van der Waals surface area (Å²) in [6, 6.07) is 16.3. The van der Waals surface area contributed by atoms with Gasteiger partial charge in [-0.25, -0.2) is 8.42 Å². The van der Waals surface area contributed by atoms with Crippen LogP contribution >= 0.6 is 23.2 Å². The number of benzene rings is 2. The predicted octanol–water partition coefficient (Wildman–Crippen LogP) is 4.77. The maximum atomic E-state index is 12.5. The maximum Gasteiger partial charge on any atom is 0.261 e. The molecule has 1 N–H and O–H groups in total. The van der Waals surface area contributed by atoms with Gasteiger partial charge in [0.15, 0.2) is 0 Å². The lowest BCUT2D eigenvalue weighted by Gasteiger charge is -2.11. The summed E-state index contributed by atoms with van der Waals surface area (Å²) in [5, 5.41) is 0.456. The summed E-state index contributed by atoms with van der Waals surface area (Å²) in [7, 11) is -3.80. The van der Waals surface area contributed by atoms with Gasteiger partial charge in [-0.1, -0.05) is 35.3 Å². The minimum Gasteiger partial charge on any atom is -0.487 e. The Morgan fingerprint density at radius 1 is 0.962 bits per heavy atom. The molecule has 0 aliphatic rings. The zero-order valence-corrected chi connectivity index (χ0v) is 15.7. The number of aromatic nitrogens is 1. The van der Waals surface area contributed by atoms with Crippen LogP contribution in [-0.2, 0) is 16.6 Å². The van der Waals surface area contributed by atoms with Crippen LogP contribution in [-0.4, -0.2) is 13.4 Å². The van der Waals surface area contributed by atoms with Gasteiger partial charge in [-0.05, 0) is 42.5 Å². The zero-order chi connectivity index (χ0) is 18.6. The number of halogens is 2. The summed E-state index contributed by atoms with van der Waals surface area (Å²) in [6.07, 6.45) is 1.68. The first-order chi connectivity index (χ1) is 12.4. The number of hydrogen-bond donors (Lipinski definition) is 1. The van der Waals surface area contributed by atoms with E-state index in [0.29, 0.717) is 11.4 Å². The Balaban J connectivity index is 1.74. The molecule has 0 aliphatic carbocycles. The van der Waals surface area contributed by atoms with Crippen molar-refractivity contribution in [2.24, 2.45) is 0 Å². The Hall–Kier alpha value is -2.28. The van der Waals surface area contributed by atoms with Crippen molar-refractivity contribution in [3.05, 3.63) is 82.6 Å². The fourth-order valence-corrected chi connectivity index (χ4v) is 3.59. The van der Waals surface area contributed by atoms with E-state index < -0.39 is 10.0 Å². The van der Waals surface area contributed by atoms with Crippen molar-refractivity contribution in [2.45, 2.75) is 11.5 Å². The highest BCUT2D eigenvalue weighted by Gasteiger charge is 2.16. The molecule has 0 bridgehead atoms. The van der Waals surface area contributed by atoms with E-state index in [1.165, 1.54) is 18.2 Å². The van der Waals surface area contributed by atoms with Crippen LogP contribution in [0.2, 0.25) is 10.0 Å². The van der Waals surface area contributed by atoms with Gasteiger partial charge in [0.1, 0.15) is 12.4 Å². The first-order valence-corrected chi connectivity index (χ1v) is 9.78. The van der Waals surface area contributed by atoms with E-state index >= 15 is 0 Å². The summed E-state index contributed by atoms with van der Waals surface area (Å²) in [6.45, 7) is 0.282. The molecule has 134 valence electrons. The molecule has 0 saturated heterocycles. The van der Waals surface area contributed by atoms with Gasteiger partial charge in [0, 0.05) is 12.3 Å². The lowest BCUT2D eigenvalue weighted by molar-refractivity contribution is 0.301. The molecular formula is C18H14Cl2N2O3S. The third kappa shape index (κ3) is 4.66.